The number of rotatable bonds is 4. The largest absolute Gasteiger partial charge is 0.506 e. The number of hydrogen-bond acceptors (Lipinski definition) is 2. The van der Waals surface area contributed by atoms with E-state index in [-0.39, 0.29) is 6.10 Å². The normalized spacial score (nSPS) is 12.6. The lowest BCUT2D eigenvalue weighted by atomic mass is 10.2. The Labute approximate surface area is 61.0 Å². The van der Waals surface area contributed by atoms with E-state index in [1.165, 1.54) is 0 Å². The highest BCUT2D eigenvalue weighted by atomic mass is 16.7. The van der Waals surface area contributed by atoms with E-state index in [2.05, 4.69) is 4.74 Å². The summed E-state index contributed by atoms with van der Waals surface area (Å²) in [6, 6.07) is 0. The second-order valence-electron chi connectivity index (χ2n) is 2.20. The molecule has 0 aromatic heterocycles. The zero-order chi connectivity index (χ0) is 7.98. The van der Waals surface area contributed by atoms with Crippen molar-refractivity contribution in [1.82, 2.24) is 0 Å². The molecule has 0 saturated carbocycles. The van der Waals surface area contributed by atoms with E-state index in [9.17, 15) is 4.79 Å². The van der Waals surface area contributed by atoms with Crippen LogP contribution in [0.2, 0.25) is 0 Å². The summed E-state index contributed by atoms with van der Waals surface area (Å²) in [5.41, 5.74) is 0. The van der Waals surface area contributed by atoms with Crippen molar-refractivity contribution in [2.75, 3.05) is 0 Å². The van der Waals surface area contributed by atoms with Gasteiger partial charge in [-0.1, -0.05) is 20.3 Å². The third-order valence-corrected chi connectivity index (χ3v) is 1.33. The molecule has 3 heteroatoms. The van der Waals surface area contributed by atoms with E-state index < -0.39 is 6.16 Å². The van der Waals surface area contributed by atoms with Crippen molar-refractivity contribution in [3.05, 3.63) is 0 Å². The van der Waals surface area contributed by atoms with E-state index in [0.29, 0.717) is 0 Å². The first-order chi connectivity index (χ1) is 4.70. The average molecular weight is 146 g/mol. The third-order valence-electron chi connectivity index (χ3n) is 1.33. The first-order valence-electron chi connectivity index (χ1n) is 3.60. The predicted octanol–water partition coefficient (Wildman–Crippen LogP) is 2.26. The molecule has 1 unspecified atom stereocenters. The molecule has 60 valence electrons. The van der Waals surface area contributed by atoms with Crippen LogP contribution in [-0.2, 0) is 4.74 Å². The van der Waals surface area contributed by atoms with E-state index in [1.54, 1.807) is 0 Å². The van der Waals surface area contributed by atoms with Crippen molar-refractivity contribution in [2.45, 2.75) is 39.2 Å². The van der Waals surface area contributed by atoms with Gasteiger partial charge in [0.25, 0.3) is 0 Å². The average Bonchev–Trinajstić information content (AvgIpc) is 1.86. The van der Waals surface area contributed by atoms with E-state index in [1.807, 2.05) is 13.8 Å². The van der Waals surface area contributed by atoms with Gasteiger partial charge in [-0.3, -0.25) is 0 Å². The van der Waals surface area contributed by atoms with Crippen LogP contribution >= 0.6 is 0 Å². The summed E-state index contributed by atoms with van der Waals surface area (Å²) in [6.07, 6.45) is 1.28. The molecule has 0 aliphatic carbocycles. The van der Waals surface area contributed by atoms with Gasteiger partial charge in [-0.25, -0.2) is 4.79 Å². The Hall–Kier alpha value is -0.730. The molecule has 0 aromatic rings. The Morgan fingerprint density at radius 3 is 2.50 bits per heavy atom. The number of ether oxygens (including phenoxy) is 1. The van der Waals surface area contributed by atoms with Crippen molar-refractivity contribution in [3.63, 3.8) is 0 Å². The van der Waals surface area contributed by atoms with Gasteiger partial charge < -0.3 is 9.84 Å². The molecule has 0 saturated heterocycles. The lowest BCUT2D eigenvalue weighted by Crippen LogP contribution is -2.15. The van der Waals surface area contributed by atoms with Crippen LogP contribution in [0.4, 0.5) is 4.79 Å². The summed E-state index contributed by atoms with van der Waals surface area (Å²) in [5, 5.41) is 8.22. The van der Waals surface area contributed by atoms with Crippen molar-refractivity contribution < 1.29 is 14.6 Å². The molecule has 0 rings (SSSR count). The molecule has 10 heavy (non-hydrogen) atoms. The molecule has 0 radical (unpaired) electrons. The minimum absolute atomic E-state index is 0.109. The minimum Gasteiger partial charge on any atom is -0.450 e. The maximum atomic E-state index is 10.0. The van der Waals surface area contributed by atoms with Gasteiger partial charge in [0.1, 0.15) is 6.10 Å². The van der Waals surface area contributed by atoms with E-state index in [4.69, 9.17) is 5.11 Å². The molecule has 1 atom stereocenters. The van der Waals surface area contributed by atoms with E-state index in [0.717, 1.165) is 19.3 Å². The van der Waals surface area contributed by atoms with Crippen molar-refractivity contribution in [3.8, 4) is 0 Å². The SMILES string of the molecule is CCCC(CC)OC(=O)O. The first kappa shape index (κ1) is 9.27. The van der Waals surface area contributed by atoms with Crippen molar-refractivity contribution in [2.24, 2.45) is 0 Å². The molecule has 0 aliphatic rings. The highest BCUT2D eigenvalue weighted by Crippen LogP contribution is 2.05. The highest BCUT2D eigenvalue weighted by Gasteiger charge is 2.08. The number of hydrogen-bond donors (Lipinski definition) is 1. The Kier molecular flexibility index (Phi) is 4.72. The molecule has 3 nitrogen and oxygen atoms in total. The quantitative estimate of drug-likeness (QED) is 0.619. The Balaban J connectivity index is 3.49. The van der Waals surface area contributed by atoms with Crippen LogP contribution in [-0.4, -0.2) is 17.4 Å². The van der Waals surface area contributed by atoms with Crippen molar-refractivity contribution in [1.29, 1.82) is 0 Å². The predicted molar refractivity (Wildman–Crippen MR) is 38.1 cm³/mol. The molecular formula is C7H14O3. The molecule has 0 fully saturated rings. The Morgan fingerprint density at radius 2 is 2.20 bits per heavy atom. The monoisotopic (exact) mass is 146 g/mol. The molecule has 0 spiro atoms. The fraction of sp³-hybridized carbons (Fsp3) is 0.857. The van der Waals surface area contributed by atoms with Crippen molar-refractivity contribution >= 4 is 6.16 Å². The van der Waals surface area contributed by atoms with Gasteiger partial charge in [0.05, 0.1) is 0 Å². The lowest BCUT2D eigenvalue weighted by molar-refractivity contribution is 0.0463. The zero-order valence-electron chi connectivity index (χ0n) is 6.46. The topological polar surface area (TPSA) is 46.5 Å². The first-order valence-corrected chi connectivity index (χ1v) is 3.60. The van der Waals surface area contributed by atoms with Crippen LogP contribution in [0.1, 0.15) is 33.1 Å². The number of carbonyl (C=O) groups is 1. The molecule has 0 amide bonds. The molecular weight excluding hydrogens is 132 g/mol. The van der Waals surface area contributed by atoms with Crippen LogP contribution < -0.4 is 0 Å². The fourth-order valence-corrected chi connectivity index (χ4v) is 0.811. The second kappa shape index (κ2) is 5.09. The van der Waals surface area contributed by atoms with Crippen LogP contribution in [0.3, 0.4) is 0 Å². The molecule has 0 aliphatic heterocycles. The van der Waals surface area contributed by atoms with Gasteiger partial charge in [0, 0.05) is 0 Å². The zero-order valence-corrected chi connectivity index (χ0v) is 6.46. The number of carboxylic acid groups (broad SMARTS) is 1. The van der Waals surface area contributed by atoms with Gasteiger partial charge in [0.15, 0.2) is 0 Å². The molecule has 1 N–H and O–H groups in total. The Morgan fingerprint density at radius 1 is 1.60 bits per heavy atom. The summed E-state index contributed by atoms with van der Waals surface area (Å²) in [4.78, 5) is 10.0. The smallest absolute Gasteiger partial charge is 0.450 e. The fourth-order valence-electron chi connectivity index (χ4n) is 0.811. The van der Waals surface area contributed by atoms with Gasteiger partial charge >= 0.3 is 6.16 Å². The Bertz CT molecular complexity index is 101. The standard InChI is InChI=1S/C7H14O3/c1-3-5-6(4-2)10-7(8)9/h6H,3-5H2,1-2H3,(H,8,9). The summed E-state index contributed by atoms with van der Waals surface area (Å²) in [5.74, 6) is 0. The van der Waals surface area contributed by atoms with Crippen LogP contribution in [0.25, 0.3) is 0 Å². The summed E-state index contributed by atoms with van der Waals surface area (Å²) < 4.78 is 4.56. The lowest BCUT2D eigenvalue weighted by Gasteiger charge is -2.11. The van der Waals surface area contributed by atoms with Gasteiger partial charge in [-0.2, -0.15) is 0 Å². The van der Waals surface area contributed by atoms with Gasteiger partial charge in [-0.15, -0.1) is 0 Å². The molecule has 0 aromatic carbocycles. The minimum atomic E-state index is -1.17. The van der Waals surface area contributed by atoms with E-state index >= 15 is 0 Å². The molecule has 0 heterocycles. The second-order valence-corrected chi connectivity index (χ2v) is 2.20. The third kappa shape index (κ3) is 4.18. The van der Waals surface area contributed by atoms with Crippen LogP contribution in [0.5, 0.6) is 0 Å². The summed E-state index contributed by atoms with van der Waals surface area (Å²) >= 11 is 0. The summed E-state index contributed by atoms with van der Waals surface area (Å²) in [6.45, 7) is 3.93. The van der Waals surface area contributed by atoms with Gasteiger partial charge in [-0.05, 0) is 12.8 Å². The maximum absolute atomic E-state index is 10.0. The highest BCUT2D eigenvalue weighted by molar-refractivity contribution is 5.57. The summed E-state index contributed by atoms with van der Waals surface area (Å²) in [7, 11) is 0. The maximum Gasteiger partial charge on any atom is 0.506 e. The molecule has 0 bridgehead atoms. The van der Waals surface area contributed by atoms with Crippen LogP contribution in [0.15, 0.2) is 0 Å². The van der Waals surface area contributed by atoms with Gasteiger partial charge in [0.2, 0.25) is 0 Å². The van der Waals surface area contributed by atoms with Crippen LogP contribution in [0, 0.1) is 0 Å².